The van der Waals surface area contributed by atoms with Crippen molar-refractivity contribution < 1.29 is 9.53 Å². The predicted octanol–water partition coefficient (Wildman–Crippen LogP) is 5.06. The highest BCUT2D eigenvalue weighted by molar-refractivity contribution is 5.76. The minimum atomic E-state index is 0.0757. The molecule has 3 heteroatoms. The summed E-state index contributed by atoms with van der Waals surface area (Å²) in [6, 6.07) is 18.2. The third-order valence-corrected chi connectivity index (χ3v) is 4.08. The predicted molar refractivity (Wildman–Crippen MR) is 103 cm³/mol. The van der Waals surface area contributed by atoms with E-state index in [-0.39, 0.29) is 11.9 Å². The first-order chi connectivity index (χ1) is 12.0. The standard InChI is InChI=1S/C22H29NO2/c1-17(2)16-21(19-8-5-4-6-9-19)23-22(24)10-7-15-25-20-13-11-18(3)12-14-20/h4-6,8-9,11-14,17,21H,7,10,15-16H2,1-3H3,(H,23,24)/t21-/m1/s1. The molecule has 0 saturated carbocycles. The third kappa shape index (κ3) is 7.00. The number of hydrogen-bond donors (Lipinski definition) is 1. The van der Waals surface area contributed by atoms with Crippen molar-refractivity contribution in [2.24, 2.45) is 5.92 Å². The number of aryl methyl sites for hydroxylation is 1. The van der Waals surface area contributed by atoms with Crippen LogP contribution in [0.1, 0.15) is 50.3 Å². The molecule has 0 fully saturated rings. The van der Waals surface area contributed by atoms with Crippen LogP contribution in [0.25, 0.3) is 0 Å². The van der Waals surface area contributed by atoms with E-state index in [1.165, 1.54) is 11.1 Å². The molecule has 0 saturated heterocycles. The van der Waals surface area contributed by atoms with Gasteiger partial charge in [0.2, 0.25) is 5.91 Å². The van der Waals surface area contributed by atoms with Gasteiger partial charge in [0.25, 0.3) is 0 Å². The quantitative estimate of drug-likeness (QED) is 0.649. The summed E-state index contributed by atoms with van der Waals surface area (Å²) in [6.45, 7) is 6.96. The summed E-state index contributed by atoms with van der Waals surface area (Å²) in [4.78, 5) is 12.3. The molecule has 1 N–H and O–H groups in total. The number of carbonyl (C=O) groups excluding carboxylic acids is 1. The van der Waals surface area contributed by atoms with Crippen molar-refractivity contribution >= 4 is 5.91 Å². The van der Waals surface area contributed by atoms with E-state index in [1.807, 2.05) is 42.5 Å². The second kappa shape index (κ2) is 9.87. The largest absolute Gasteiger partial charge is 0.494 e. The van der Waals surface area contributed by atoms with E-state index in [2.05, 4.69) is 38.2 Å². The molecule has 0 spiro atoms. The SMILES string of the molecule is Cc1ccc(OCCCC(=O)N[C@H](CC(C)C)c2ccccc2)cc1. The van der Waals surface area contributed by atoms with Crippen molar-refractivity contribution in [3.8, 4) is 5.75 Å². The number of benzene rings is 2. The molecule has 2 aromatic carbocycles. The molecule has 2 rings (SSSR count). The van der Waals surface area contributed by atoms with E-state index in [1.54, 1.807) is 0 Å². The van der Waals surface area contributed by atoms with Gasteiger partial charge in [-0.25, -0.2) is 0 Å². The number of carbonyl (C=O) groups is 1. The molecule has 0 heterocycles. The second-order valence-corrected chi connectivity index (χ2v) is 6.93. The topological polar surface area (TPSA) is 38.3 Å². The van der Waals surface area contributed by atoms with Gasteiger partial charge in [0.05, 0.1) is 12.6 Å². The minimum absolute atomic E-state index is 0.0757. The Balaban J connectivity index is 1.77. The first-order valence-electron chi connectivity index (χ1n) is 9.08. The lowest BCUT2D eigenvalue weighted by Gasteiger charge is -2.21. The van der Waals surface area contributed by atoms with Gasteiger partial charge in [0.15, 0.2) is 0 Å². The van der Waals surface area contributed by atoms with Crippen molar-refractivity contribution in [3.63, 3.8) is 0 Å². The Morgan fingerprint density at radius 2 is 1.72 bits per heavy atom. The summed E-state index contributed by atoms with van der Waals surface area (Å²) in [6.07, 6.45) is 2.13. The molecule has 0 aliphatic heterocycles. The molecule has 0 bridgehead atoms. The zero-order valence-electron chi connectivity index (χ0n) is 15.5. The van der Waals surface area contributed by atoms with Gasteiger partial charge in [0.1, 0.15) is 5.75 Å². The lowest BCUT2D eigenvalue weighted by molar-refractivity contribution is -0.122. The van der Waals surface area contributed by atoms with Crippen LogP contribution < -0.4 is 10.1 Å². The van der Waals surface area contributed by atoms with Crippen LogP contribution in [0.4, 0.5) is 0 Å². The van der Waals surface area contributed by atoms with E-state index < -0.39 is 0 Å². The number of hydrogen-bond acceptors (Lipinski definition) is 2. The molecular weight excluding hydrogens is 310 g/mol. The highest BCUT2D eigenvalue weighted by Crippen LogP contribution is 2.21. The Labute approximate surface area is 151 Å². The molecule has 1 atom stereocenters. The van der Waals surface area contributed by atoms with Crippen molar-refractivity contribution in [1.29, 1.82) is 0 Å². The van der Waals surface area contributed by atoms with Gasteiger partial charge < -0.3 is 10.1 Å². The van der Waals surface area contributed by atoms with Crippen molar-refractivity contribution in [3.05, 3.63) is 65.7 Å². The Kier molecular flexibility index (Phi) is 7.52. The molecule has 0 aliphatic carbocycles. The lowest BCUT2D eigenvalue weighted by Crippen LogP contribution is -2.29. The fourth-order valence-corrected chi connectivity index (χ4v) is 2.76. The maximum absolute atomic E-state index is 12.3. The van der Waals surface area contributed by atoms with Gasteiger partial charge in [-0.1, -0.05) is 61.9 Å². The summed E-state index contributed by atoms with van der Waals surface area (Å²) >= 11 is 0. The van der Waals surface area contributed by atoms with Gasteiger partial charge in [-0.15, -0.1) is 0 Å². The Morgan fingerprint density at radius 3 is 2.36 bits per heavy atom. The number of rotatable bonds is 9. The Hall–Kier alpha value is -2.29. The summed E-state index contributed by atoms with van der Waals surface area (Å²) in [5, 5.41) is 3.18. The lowest BCUT2D eigenvalue weighted by atomic mass is 9.97. The highest BCUT2D eigenvalue weighted by atomic mass is 16.5. The smallest absolute Gasteiger partial charge is 0.220 e. The number of amides is 1. The van der Waals surface area contributed by atoms with E-state index >= 15 is 0 Å². The summed E-state index contributed by atoms with van der Waals surface area (Å²) < 4.78 is 5.69. The maximum atomic E-state index is 12.3. The molecule has 2 aromatic rings. The van der Waals surface area contributed by atoms with Gasteiger partial charge in [-0.2, -0.15) is 0 Å². The molecule has 0 unspecified atom stereocenters. The fourth-order valence-electron chi connectivity index (χ4n) is 2.76. The van der Waals surface area contributed by atoms with Crippen molar-refractivity contribution in [2.75, 3.05) is 6.61 Å². The summed E-state index contributed by atoms with van der Waals surface area (Å²) in [7, 11) is 0. The van der Waals surface area contributed by atoms with Crippen LogP contribution in [0, 0.1) is 12.8 Å². The molecule has 1 amide bonds. The van der Waals surface area contributed by atoms with E-state index in [4.69, 9.17) is 4.74 Å². The van der Waals surface area contributed by atoms with Crippen LogP contribution in [-0.2, 0) is 4.79 Å². The molecule has 0 aromatic heterocycles. The first-order valence-corrected chi connectivity index (χ1v) is 9.08. The monoisotopic (exact) mass is 339 g/mol. The minimum Gasteiger partial charge on any atom is -0.494 e. The van der Waals surface area contributed by atoms with Crippen molar-refractivity contribution in [2.45, 2.75) is 46.1 Å². The van der Waals surface area contributed by atoms with Gasteiger partial charge in [0, 0.05) is 6.42 Å². The molecule has 25 heavy (non-hydrogen) atoms. The second-order valence-electron chi connectivity index (χ2n) is 6.93. The fraction of sp³-hybridized carbons (Fsp3) is 0.409. The number of ether oxygens (including phenoxy) is 1. The zero-order valence-corrected chi connectivity index (χ0v) is 15.5. The van der Waals surface area contributed by atoms with Gasteiger partial charge in [-0.3, -0.25) is 4.79 Å². The highest BCUT2D eigenvalue weighted by Gasteiger charge is 2.15. The zero-order chi connectivity index (χ0) is 18.1. The maximum Gasteiger partial charge on any atom is 0.220 e. The van der Waals surface area contributed by atoms with Crippen LogP contribution in [0.2, 0.25) is 0 Å². The van der Waals surface area contributed by atoms with Crippen LogP contribution in [0.5, 0.6) is 5.75 Å². The van der Waals surface area contributed by atoms with E-state index in [0.29, 0.717) is 25.4 Å². The van der Waals surface area contributed by atoms with Gasteiger partial charge in [-0.05, 0) is 43.4 Å². The van der Waals surface area contributed by atoms with Crippen LogP contribution in [0.3, 0.4) is 0 Å². The average molecular weight is 339 g/mol. The molecule has 0 radical (unpaired) electrons. The van der Waals surface area contributed by atoms with E-state index in [9.17, 15) is 4.79 Å². The van der Waals surface area contributed by atoms with Crippen LogP contribution in [-0.4, -0.2) is 12.5 Å². The molecular formula is C22H29NO2. The normalized spacial score (nSPS) is 12.0. The molecule has 134 valence electrons. The van der Waals surface area contributed by atoms with E-state index in [0.717, 1.165) is 12.2 Å². The Bertz CT molecular complexity index is 635. The van der Waals surface area contributed by atoms with Gasteiger partial charge >= 0.3 is 0 Å². The summed E-state index contributed by atoms with van der Waals surface area (Å²) in [5.41, 5.74) is 2.38. The third-order valence-electron chi connectivity index (χ3n) is 4.08. The van der Waals surface area contributed by atoms with Crippen LogP contribution >= 0.6 is 0 Å². The number of nitrogens with one attached hydrogen (secondary N) is 1. The summed E-state index contributed by atoms with van der Waals surface area (Å²) in [5.74, 6) is 1.46. The van der Waals surface area contributed by atoms with Crippen LogP contribution in [0.15, 0.2) is 54.6 Å². The Morgan fingerprint density at radius 1 is 1.04 bits per heavy atom. The average Bonchev–Trinajstić information content (AvgIpc) is 2.60. The van der Waals surface area contributed by atoms with Crippen molar-refractivity contribution in [1.82, 2.24) is 5.32 Å². The molecule has 3 nitrogen and oxygen atoms in total. The molecule has 0 aliphatic rings. The first kappa shape index (κ1) is 19.0.